The number of rotatable bonds is 10. The van der Waals surface area contributed by atoms with Gasteiger partial charge in [0.1, 0.15) is 12.7 Å². The van der Waals surface area contributed by atoms with E-state index >= 15 is 0 Å². The van der Waals surface area contributed by atoms with Crippen molar-refractivity contribution in [2.75, 3.05) is 26.3 Å². The molecule has 0 unspecified atom stereocenters. The summed E-state index contributed by atoms with van der Waals surface area (Å²) in [6.07, 6.45) is 6.90. The van der Waals surface area contributed by atoms with E-state index in [-0.39, 0.29) is 0 Å². The van der Waals surface area contributed by atoms with Gasteiger partial charge in [0, 0.05) is 26.3 Å². The molecule has 1 aromatic heterocycles. The lowest BCUT2D eigenvalue weighted by Crippen LogP contribution is -2.38. The molecule has 7 heteroatoms. The van der Waals surface area contributed by atoms with Gasteiger partial charge in [0.15, 0.2) is 5.96 Å². The van der Waals surface area contributed by atoms with Crippen LogP contribution in [-0.2, 0) is 11.3 Å². The molecule has 2 aromatic rings. The number of nitrogens with one attached hydrogen (secondary N) is 2. The second kappa shape index (κ2) is 9.91. The van der Waals surface area contributed by atoms with Gasteiger partial charge in [0.25, 0.3) is 0 Å². The fourth-order valence-corrected chi connectivity index (χ4v) is 2.52. The van der Waals surface area contributed by atoms with E-state index in [0.717, 1.165) is 55.9 Å². The Morgan fingerprint density at radius 3 is 2.81 bits per heavy atom. The topological polar surface area (TPSA) is 76.4 Å². The summed E-state index contributed by atoms with van der Waals surface area (Å²) in [6, 6.07) is 8.18. The average Bonchev–Trinajstić information content (AvgIpc) is 3.33. The maximum atomic E-state index is 5.66. The van der Waals surface area contributed by atoms with Crippen molar-refractivity contribution in [3.05, 3.63) is 42.5 Å². The van der Waals surface area contributed by atoms with E-state index in [1.54, 1.807) is 11.0 Å². The van der Waals surface area contributed by atoms with Crippen LogP contribution in [0.1, 0.15) is 31.7 Å². The van der Waals surface area contributed by atoms with Crippen molar-refractivity contribution in [2.45, 2.75) is 32.7 Å². The van der Waals surface area contributed by atoms with Crippen molar-refractivity contribution in [1.29, 1.82) is 0 Å². The van der Waals surface area contributed by atoms with Gasteiger partial charge in [0.05, 0.1) is 12.2 Å². The van der Waals surface area contributed by atoms with Gasteiger partial charge in [-0.05, 0) is 49.8 Å². The van der Waals surface area contributed by atoms with Crippen LogP contribution in [0.5, 0.6) is 0 Å². The number of ether oxygens (including phenoxy) is 1. The first kappa shape index (κ1) is 18.4. The number of nitrogens with zero attached hydrogens (tertiary/aromatic N) is 4. The van der Waals surface area contributed by atoms with Crippen LogP contribution >= 0.6 is 0 Å². The first-order chi connectivity index (χ1) is 12.8. The maximum absolute atomic E-state index is 5.66. The first-order valence-corrected chi connectivity index (χ1v) is 9.39. The molecule has 7 nitrogen and oxygen atoms in total. The number of hydrogen-bond acceptors (Lipinski definition) is 4. The molecular weight excluding hydrogens is 328 g/mol. The van der Waals surface area contributed by atoms with Crippen LogP contribution in [0.15, 0.2) is 41.9 Å². The Morgan fingerprint density at radius 1 is 1.27 bits per heavy atom. The highest BCUT2D eigenvalue weighted by Crippen LogP contribution is 2.28. The predicted octanol–water partition coefficient (Wildman–Crippen LogP) is 2.14. The van der Waals surface area contributed by atoms with Crippen LogP contribution < -0.4 is 10.6 Å². The van der Waals surface area contributed by atoms with Gasteiger partial charge in [0.2, 0.25) is 0 Å². The van der Waals surface area contributed by atoms with Gasteiger partial charge in [-0.25, -0.2) is 14.7 Å². The molecule has 0 amide bonds. The number of hydrogen-bond donors (Lipinski definition) is 2. The minimum absolute atomic E-state index is 0.630. The zero-order valence-electron chi connectivity index (χ0n) is 15.4. The maximum Gasteiger partial charge on any atom is 0.191 e. The summed E-state index contributed by atoms with van der Waals surface area (Å²) in [4.78, 5) is 8.62. The smallest absolute Gasteiger partial charge is 0.191 e. The molecule has 0 atom stereocenters. The summed E-state index contributed by atoms with van der Waals surface area (Å²) in [5.41, 5.74) is 2.14. The standard InChI is InChI=1S/C19H28N6O/c1-2-21-19(22-10-3-11-26-13-17-4-5-17)23-12-16-6-8-18(9-7-16)25-15-20-14-24-25/h6-9,14-15,17H,2-5,10-13H2,1H3,(H2,21,22,23). The quantitative estimate of drug-likeness (QED) is 0.387. The van der Waals surface area contributed by atoms with Crippen molar-refractivity contribution in [1.82, 2.24) is 25.4 Å². The normalized spacial score (nSPS) is 14.4. The third-order valence-corrected chi connectivity index (χ3v) is 4.19. The van der Waals surface area contributed by atoms with Gasteiger partial charge < -0.3 is 15.4 Å². The SMILES string of the molecule is CCNC(=NCc1ccc(-n2cncn2)cc1)NCCCOCC1CC1. The van der Waals surface area contributed by atoms with Crippen LogP contribution in [0, 0.1) is 5.92 Å². The third-order valence-electron chi connectivity index (χ3n) is 4.19. The molecule has 1 saturated carbocycles. The van der Waals surface area contributed by atoms with Crippen LogP contribution in [-0.4, -0.2) is 47.0 Å². The lowest BCUT2D eigenvalue weighted by atomic mass is 10.2. The Morgan fingerprint density at radius 2 is 2.12 bits per heavy atom. The Hall–Kier alpha value is -2.41. The monoisotopic (exact) mass is 356 g/mol. The molecule has 1 fully saturated rings. The number of benzene rings is 1. The van der Waals surface area contributed by atoms with Gasteiger partial charge in [-0.15, -0.1) is 0 Å². The zero-order chi connectivity index (χ0) is 18.0. The fraction of sp³-hybridized carbons (Fsp3) is 0.526. The highest BCUT2D eigenvalue weighted by Gasteiger charge is 2.20. The number of aromatic nitrogens is 3. The molecule has 1 aromatic carbocycles. The van der Waals surface area contributed by atoms with Gasteiger partial charge in [-0.2, -0.15) is 5.10 Å². The van der Waals surface area contributed by atoms with Crippen LogP contribution in [0.4, 0.5) is 0 Å². The summed E-state index contributed by atoms with van der Waals surface area (Å²) in [7, 11) is 0. The van der Waals surface area contributed by atoms with Crippen LogP contribution in [0.3, 0.4) is 0 Å². The predicted molar refractivity (Wildman–Crippen MR) is 102 cm³/mol. The molecule has 3 rings (SSSR count). The van der Waals surface area contributed by atoms with Gasteiger partial charge in [-0.1, -0.05) is 12.1 Å². The second-order valence-electron chi connectivity index (χ2n) is 6.50. The second-order valence-corrected chi connectivity index (χ2v) is 6.50. The van der Waals surface area contributed by atoms with Crippen molar-refractivity contribution in [3.8, 4) is 5.69 Å². The molecule has 0 aliphatic heterocycles. The lowest BCUT2D eigenvalue weighted by Gasteiger charge is -2.11. The summed E-state index contributed by atoms with van der Waals surface area (Å²) in [6.45, 7) is 6.15. The van der Waals surface area contributed by atoms with Crippen molar-refractivity contribution >= 4 is 5.96 Å². The molecule has 140 valence electrons. The molecule has 0 saturated heterocycles. The Bertz CT molecular complexity index is 664. The summed E-state index contributed by atoms with van der Waals surface area (Å²) in [5.74, 6) is 1.67. The summed E-state index contributed by atoms with van der Waals surface area (Å²) in [5, 5.41) is 10.8. The van der Waals surface area contributed by atoms with E-state index in [4.69, 9.17) is 4.74 Å². The van der Waals surface area contributed by atoms with E-state index in [1.807, 2.05) is 12.1 Å². The molecule has 1 heterocycles. The minimum Gasteiger partial charge on any atom is -0.381 e. The van der Waals surface area contributed by atoms with E-state index in [2.05, 4.69) is 44.8 Å². The average molecular weight is 356 g/mol. The number of guanidine groups is 1. The fourth-order valence-electron chi connectivity index (χ4n) is 2.52. The third kappa shape index (κ3) is 6.15. The van der Waals surface area contributed by atoms with Crippen molar-refractivity contribution in [2.24, 2.45) is 10.9 Å². The van der Waals surface area contributed by atoms with Crippen molar-refractivity contribution < 1.29 is 4.74 Å². The van der Waals surface area contributed by atoms with E-state index in [0.29, 0.717) is 6.54 Å². The molecule has 1 aliphatic carbocycles. The summed E-state index contributed by atoms with van der Waals surface area (Å²) >= 11 is 0. The molecule has 26 heavy (non-hydrogen) atoms. The van der Waals surface area contributed by atoms with Gasteiger partial charge >= 0.3 is 0 Å². The van der Waals surface area contributed by atoms with Crippen LogP contribution in [0.2, 0.25) is 0 Å². The van der Waals surface area contributed by atoms with E-state index in [9.17, 15) is 0 Å². The van der Waals surface area contributed by atoms with E-state index in [1.165, 1.54) is 19.2 Å². The molecule has 1 aliphatic rings. The molecule has 2 N–H and O–H groups in total. The van der Waals surface area contributed by atoms with Crippen LogP contribution in [0.25, 0.3) is 5.69 Å². The molecule has 0 radical (unpaired) electrons. The highest BCUT2D eigenvalue weighted by molar-refractivity contribution is 5.79. The minimum atomic E-state index is 0.630. The molecule has 0 spiro atoms. The molecular formula is C19H28N6O. The Labute approximate surface area is 154 Å². The van der Waals surface area contributed by atoms with Gasteiger partial charge in [-0.3, -0.25) is 0 Å². The van der Waals surface area contributed by atoms with Crippen molar-refractivity contribution in [3.63, 3.8) is 0 Å². The zero-order valence-corrected chi connectivity index (χ0v) is 15.4. The lowest BCUT2D eigenvalue weighted by molar-refractivity contribution is 0.123. The largest absolute Gasteiger partial charge is 0.381 e. The number of aliphatic imine (C=N–C) groups is 1. The van der Waals surface area contributed by atoms with E-state index < -0.39 is 0 Å². The Balaban J connectivity index is 1.42. The highest BCUT2D eigenvalue weighted by atomic mass is 16.5. The summed E-state index contributed by atoms with van der Waals surface area (Å²) < 4.78 is 7.40. The first-order valence-electron chi connectivity index (χ1n) is 9.39. The Kier molecular flexibility index (Phi) is 7.01. The molecule has 0 bridgehead atoms.